The summed E-state index contributed by atoms with van der Waals surface area (Å²) >= 11 is 5.67. The maximum Gasteiger partial charge on any atom is 0.288 e. The number of nitrogens with zero attached hydrogens (tertiary/aromatic N) is 3. The number of benzene rings is 2. The Hall–Kier alpha value is -3.53. The van der Waals surface area contributed by atoms with E-state index in [1.165, 1.54) is 12.1 Å². The van der Waals surface area contributed by atoms with E-state index in [1.54, 1.807) is 0 Å². The van der Waals surface area contributed by atoms with Gasteiger partial charge in [-0.25, -0.2) is 5.43 Å². The molecule has 2 N–H and O–H groups in total. The summed E-state index contributed by atoms with van der Waals surface area (Å²) in [5.74, 6) is -1.35. The zero-order valence-corrected chi connectivity index (χ0v) is 13.0. The van der Waals surface area contributed by atoms with Crippen molar-refractivity contribution in [2.45, 2.75) is 0 Å². The first-order valence-electron chi connectivity index (χ1n) is 6.54. The zero-order chi connectivity index (χ0) is 18.6. The Bertz CT molecular complexity index is 899. The third-order valence-corrected chi connectivity index (χ3v) is 3.30. The average Bonchev–Trinajstić information content (AvgIpc) is 2.56. The molecule has 0 saturated carbocycles. The first kappa shape index (κ1) is 17.8. The van der Waals surface area contributed by atoms with Crippen molar-refractivity contribution in [3.05, 3.63) is 72.8 Å². The number of amides is 1. The Labute approximate surface area is 144 Å². The second kappa shape index (κ2) is 7.36. The molecule has 2 rings (SSSR count). The van der Waals surface area contributed by atoms with Gasteiger partial charge in [-0.3, -0.25) is 25.0 Å². The summed E-state index contributed by atoms with van der Waals surface area (Å²) in [7, 11) is 0. The lowest BCUT2D eigenvalue weighted by Crippen LogP contribution is -2.18. The van der Waals surface area contributed by atoms with Gasteiger partial charge in [-0.05, 0) is 12.1 Å². The van der Waals surface area contributed by atoms with Crippen LogP contribution < -0.4 is 5.43 Å². The van der Waals surface area contributed by atoms with E-state index in [1.807, 2.05) is 0 Å². The molecule has 0 radical (unpaired) electrons. The molecule has 25 heavy (non-hydrogen) atoms. The molecule has 0 saturated heterocycles. The molecule has 1 amide bonds. The van der Waals surface area contributed by atoms with Gasteiger partial charge in [0.15, 0.2) is 0 Å². The molecule has 0 atom stereocenters. The number of carbonyl (C=O) groups excluding carboxylic acids is 1. The van der Waals surface area contributed by atoms with Crippen molar-refractivity contribution in [3.63, 3.8) is 0 Å². The van der Waals surface area contributed by atoms with E-state index in [4.69, 9.17) is 11.6 Å². The number of nitro benzene ring substituents is 2. The van der Waals surface area contributed by atoms with E-state index < -0.39 is 21.5 Å². The molecule has 0 aliphatic heterocycles. The Balaban J connectivity index is 2.16. The van der Waals surface area contributed by atoms with Gasteiger partial charge in [0.2, 0.25) is 0 Å². The van der Waals surface area contributed by atoms with Gasteiger partial charge in [0.05, 0.1) is 21.6 Å². The summed E-state index contributed by atoms with van der Waals surface area (Å²) in [6, 6.07) is 6.85. The van der Waals surface area contributed by atoms with Crippen LogP contribution in [0.1, 0.15) is 15.9 Å². The first-order chi connectivity index (χ1) is 11.8. The second-order valence-corrected chi connectivity index (χ2v) is 5.03. The Morgan fingerprint density at radius 3 is 2.52 bits per heavy atom. The minimum Gasteiger partial charge on any atom is -0.507 e. The largest absolute Gasteiger partial charge is 0.507 e. The fraction of sp³-hybridized carbons (Fsp3) is 0. The topological polar surface area (TPSA) is 148 Å². The number of hydrogen-bond acceptors (Lipinski definition) is 7. The summed E-state index contributed by atoms with van der Waals surface area (Å²) in [5.41, 5.74) is 1.31. The molecular weight excluding hydrogens is 356 g/mol. The summed E-state index contributed by atoms with van der Waals surface area (Å²) in [4.78, 5) is 32.0. The summed E-state index contributed by atoms with van der Waals surface area (Å²) in [5, 5.41) is 34.6. The van der Waals surface area contributed by atoms with E-state index in [0.29, 0.717) is 5.56 Å². The van der Waals surface area contributed by atoms with Crippen LogP contribution in [0.4, 0.5) is 11.4 Å². The van der Waals surface area contributed by atoms with Gasteiger partial charge in [0.1, 0.15) is 10.8 Å². The Morgan fingerprint density at radius 2 is 1.88 bits per heavy atom. The number of halogens is 1. The van der Waals surface area contributed by atoms with Crippen LogP contribution >= 0.6 is 11.6 Å². The van der Waals surface area contributed by atoms with Gasteiger partial charge in [-0.2, -0.15) is 5.10 Å². The van der Waals surface area contributed by atoms with Gasteiger partial charge in [0.25, 0.3) is 17.3 Å². The number of phenolic OH excluding ortho intramolecular Hbond substituents is 1. The van der Waals surface area contributed by atoms with Gasteiger partial charge < -0.3 is 5.11 Å². The van der Waals surface area contributed by atoms with Crippen molar-refractivity contribution < 1.29 is 19.7 Å². The molecule has 2 aromatic rings. The molecule has 0 spiro atoms. The molecule has 10 nitrogen and oxygen atoms in total. The van der Waals surface area contributed by atoms with Crippen molar-refractivity contribution in [1.29, 1.82) is 0 Å². The zero-order valence-electron chi connectivity index (χ0n) is 12.2. The van der Waals surface area contributed by atoms with Crippen LogP contribution in [0.15, 0.2) is 41.5 Å². The molecule has 128 valence electrons. The van der Waals surface area contributed by atoms with Crippen LogP contribution in [-0.4, -0.2) is 27.1 Å². The number of aromatic hydroxyl groups is 1. The maximum absolute atomic E-state index is 11.9. The SMILES string of the molecule is O=C(NN=Cc1ccc(Cl)c([N+](=O)[O-])c1)c1cc([N+](=O)[O-])ccc1O. The number of rotatable bonds is 5. The summed E-state index contributed by atoms with van der Waals surface area (Å²) in [6.45, 7) is 0. The first-order valence-corrected chi connectivity index (χ1v) is 6.92. The average molecular weight is 365 g/mol. The highest BCUT2D eigenvalue weighted by Gasteiger charge is 2.16. The highest BCUT2D eigenvalue weighted by Crippen LogP contribution is 2.24. The van der Waals surface area contributed by atoms with Gasteiger partial charge in [-0.1, -0.05) is 17.7 Å². The minimum atomic E-state index is -0.888. The smallest absolute Gasteiger partial charge is 0.288 e. The predicted octanol–water partition coefficient (Wildman–Crippen LogP) is 2.63. The van der Waals surface area contributed by atoms with Gasteiger partial charge in [-0.15, -0.1) is 0 Å². The van der Waals surface area contributed by atoms with E-state index in [9.17, 15) is 30.1 Å². The quantitative estimate of drug-likeness (QED) is 0.473. The molecule has 2 aromatic carbocycles. The van der Waals surface area contributed by atoms with Crippen molar-refractivity contribution in [2.24, 2.45) is 5.10 Å². The molecule has 11 heteroatoms. The predicted molar refractivity (Wildman–Crippen MR) is 87.9 cm³/mol. The third kappa shape index (κ3) is 4.26. The van der Waals surface area contributed by atoms with Crippen LogP contribution in [0.5, 0.6) is 5.75 Å². The second-order valence-electron chi connectivity index (χ2n) is 4.63. The molecule has 0 bridgehead atoms. The molecule has 0 aliphatic rings. The number of hydrogen-bond donors (Lipinski definition) is 2. The fourth-order valence-electron chi connectivity index (χ4n) is 1.80. The van der Waals surface area contributed by atoms with Crippen LogP contribution in [-0.2, 0) is 0 Å². The molecule has 0 heterocycles. The van der Waals surface area contributed by atoms with E-state index in [-0.39, 0.29) is 22.0 Å². The summed E-state index contributed by atoms with van der Waals surface area (Å²) in [6.07, 6.45) is 1.12. The maximum atomic E-state index is 11.9. The number of carbonyl (C=O) groups is 1. The minimum absolute atomic E-state index is 0.0484. The molecule has 0 aliphatic carbocycles. The number of non-ortho nitro benzene ring substituents is 1. The summed E-state index contributed by atoms with van der Waals surface area (Å²) < 4.78 is 0. The van der Waals surface area contributed by atoms with Crippen LogP contribution in [0.2, 0.25) is 5.02 Å². The van der Waals surface area contributed by atoms with Crippen LogP contribution in [0.3, 0.4) is 0 Å². The van der Waals surface area contributed by atoms with Crippen LogP contribution in [0, 0.1) is 20.2 Å². The monoisotopic (exact) mass is 364 g/mol. The lowest BCUT2D eigenvalue weighted by molar-refractivity contribution is -0.385. The van der Waals surface area contributed by atoms with Crippen molar-refractivity contribution in [2.75, 3.05) is 0 Å². The van der Waals surface area contributed by atoms with Gasteiger partial charge >= 0.3 is 0 Å². The fourth-order valence-corrected chi connectivity index (χ4v) is 1.98. The van der Waals surface area contributed by atoms with E-state index in [2.05, 4.69) is 10.5 Å². The highest BCUT2D eigenvalue weighted by atomic mass is 35.5. The molecule has 0 fully saturated rings. The lowest BCUT2D eigenvalue weighted by atomic mass is 10.1. The third-order valence-electron chi connectivity index (χ3n) is 2.98. The van der Waals surface area contributed by atoms with Gasteiger partial charge in [0, 0.05) is 23.8 Å². The van der Waals surface area contributed by atoms with Crippen LogP contribution in [0.25, 0.3) is 0 Å². The van der Waals surface area contributed by atoms with Crippen molar-refractivity contribution >= 4 is 35.1 Å². The number of phenols is 1. The standard InChI is InChI=1S/C14H9ClN4O6/c15-11-3-1-8(5-12(11)19(24)25)7-16-17-14(21)10-6-9(18(22)23)2-4-13(10)20/h1-7,20H,(H,17,21). The van der Waals surface area contributed by atoms with Crippen molar-refractivity contribution in [1.82, 2.24) is 5.43 Å². The number of nitrogens with one attached hydrogen (secondary N) is 1. The Kier molecular flexibility index (Phi) is 5.25. The van der Waals surface area contributed by atoms with E-state index in [0.717, 1.165) is 30.5 Å². The molecular formula is C14H9ClN4O6. The highest BCUT2D eigenvalue weighted by molar-refractivity contribution is 6.32. The lowest BCUT2D eigenvalue weighted by Gasteiger charge is -2.03. The molecule has 0 aromatic heterocycles. The number of nitro groups is 2. The normalized spacial score (nSPS) is 10.6. The molecule has 0 unspecified atom stereocenters. The number of hydrazone groups is 1. The van der Waals surface area contributed by atoms with Crippen molar-refractivity contribution in [3.8, 4) is 5.75 Å². The van der Waals surface area contributed by atoms with E-state index >= 15 is 0 Å². The Morgan fingerprint density at radius 1 is 1.16 bits per heavy atom.